The normalized spacial score (nSPS) is 11.2. The van der Waals surface area contributed by atoms with E-state index in [-0.39, 0.29) is 10.5 Å². The smallest absolute Gasteiger partial charge is 0.335 e. The Labute approximate surface area is 136 Å². The van der Waals surface area contributed by atoms with Crippen molar-refractivity contribution in [3.05, 3.63) is 59.7 Å². The van der Waals surface area contributed by atoms with Crippen LogP contribution in [0.15, 0.2) is 53.4 Å². The van der Waals surface area contributed by atoms with E-state index in [2.05, 4.69) is 11.6 Å². The highest BCUT2D eigenvalue weighted by Crippen LogP contribution is 2.18. The van der Waals surface area contributed by atoms with Crippen molar-refractivity contribution in [1.29, 1.82) is 0 Å². The van der Waals surface area contributed by atoms with E-state index >= 15 is 0 Å². The molecule has 6 heteroatoms. The molecule has 2 aromatic rings. The van der Waals surface area contributed by atoms with Gasteiger partial charge in [-0.2, -0.15) is 0 Å². The van der Waals surface area contributed by atoms with Crippen LogP contribution >= 0.6 is 0 Å². The molecule has 2 rings (SSSR count). The van der Waals surface area contributed by atoms with Gasteiger partial charge >= 0.3 is 5.97 Å². The Bertz CT molecular complexity index is 782. The summed E-state index contributed by atoms with van der Waals surface area (Å²) in [5, 5.41) is 8.95. The number of sulfonamides is 1. The summed E-state index contributed by atoms with van der Waals surface area (Å²) >= 11 is 0. The predicted molar refractivity (Wildman–Crippen MR) is 89.3 cm³/mol. The summed E-state index contributed by atoms with van der Waals surface area (Å²) in [6, 6.07) is 12.5. The molecule has 0 aliphatic heterocycles. The van der Waals surface area contributed by atoms with Gasteiger partial charge in [-0.3, -0.25) is 4.72 Å². The Balaban J connectivity index is 2.17. The van der Waals surface area contributed by atoms with Crippen molar-refractivity contribution in [1.82, 2.24) is 0 Å². The topological polar surface area (TPSA) is 83.5 Å². The van der Waals surface area contributed by atoms with Crippen molar-refractivity contribution in [3.8, 4) is 0 Å². The van der Waals surface area contributed by atoms with Crippen LogP contribution in [-0.4, -0.2) is 19.5 Å². The third-order valence-electron chi connectivity index (χ3n) is 3.42. The third-order valence-corrected chi connectivity index (χ3v) is 4.80. The quantitative estimate of drug-likeness (QED) is 0.812. The van der Waals surface area contributed by atoms with Gasteiger partial charge in [0, 0.05) is 5.69 Å². The zero-order valence-corrected chi connectivity index (χ0v) is 13.6. The van der Waals surface area contributed by atoms with Gasteiger partial charge in [-0.05, 0) is 48.7 Å². The second-order valence-electron chi connectivity index (χ2n) is 5.24. The summed E-state index contributed by atoms with van der Waals surface area (Å²) in [5.41, 5.74) is 1.54. The fraction of sp³-hybridized carbons (Fsp3) is 0.235. The molecule has 0 spiro atoms. The van der Waals surface area contributed by atoms with E-state index in [1.807, 2.05) is 12.1 Å². The highest BCUT2D eigenvalue weighted by atomic mass is 32.2. The van der Waals surface area contributed by atoms with Crippen LogP contribution in [0.25, 0.3) is 0 Å². The van der Waals surface area contributed by atoms with Crippen LogP contribution in [0.3, 0.4) is 0 Å². The van der Waals surface area contributed by atoms with Crippen LogP contribution in [-0.2, 0) is 16.4 Å². The average molecular weight is 333 g/mol. The first-order chi connectivity index (χ1) is 10.9. The number of carboxylic acids is 1. The molecule has 0 atom stereocenters. The summed E-state index contributed by atoms with van der Waals surface area (Å²) in [7, 11) is -3.81. The van der Waals surface area contributed by atoms with Crippen molar-refractivity contribution in [2.75, 3.05) is 4.72 Å². The Morgan fingerprint density at radius 2 is 1.83 bits per heavy atom. The molecular weight excluding hydrogens is 314 g/mol. The van der Waals surface area contributed by atoms with Gasteiger partial charge in [0.15, 0.2) is 0 Å². The van der Waals surface area contributed by atoms with Gasteiger partial charge < -0.3 is 5.11 Å². The minimum Gasteiger partial charge on any atom is -0.478 e. The Morgan fingerprint density at radius 3 is 2.43 bits per heavy atom. The molecule has 0 aromatic heterocycles. The lowest BCUT2D eigenvalue weighted by atomic mass is 10.1. The van der Waals surface area contributed by atoms with Crippen LogP contribution in [0, 0.1) is 0 Å². The number of nitrogens with one attached hydrogen (secondary N) is 1. The summed E-state index contributed by atoms with van der Waals surface area (Å²) in [6.07, 6.45) is 3.16. The van der Waals surface area contributed by atoms with Gasteiger partial charge in [0.05, 0.1) is 10.5 Å². The van der Waals surface area contributed by atoms with Crippen LogP contribution in [0.4, 0.5) is 5.69 Å². The maximum Gasteiger partial charge on any atom is 0.335 e. The Hall–Kier alpha value is -2.34. The van der Waals surface area contributed by atoms with Gasteiger partial charge in [0.2, 0.25) is 0 Å². The van der Waals surface area contributed by atoms with E-state index in [9.17, 15) is 13.2 Å². The number of aromatic carboxylic acids is 1. The lowest BCUT2D eigenvalue weighted by molar-refractivity contribution is 0.0696. The molecule has 0 radical (unpaired) electrons. The number of carboxylic acid groups (broad SMARTS) is 1. The number of hydrogen-bond acceptors (Lipinski definition) is 3. The lowest BCUT2D eigenvalue weighted by Gasteiger charge is -2.09. The minimum atomic E-state index is -3.81. The van der Waals surface area contributed by atoms with E-state index < -0.39 is 16.0 Å². The van der Waals surface area contributed by atoms with Crippen molar-refractivity contribution < 1.29 is 18.3 Å². The number of benzene rings is 2. The fourth-order valence-electron chi connectivity index (χ4n) is 2.13. The van der Waals surface area contributed by atoms with E-state index in [1.54, 1.807) is 12.1 Å². The molecule has 0 amide bonds. The molecule has 2 N–H and O–H groups in total. The summed E-state index contributed by atoms with van der Waals surface area (Å²) in [4.78, 5) is 10.9. The first-order valence-electron chi connectivity index (χ1n) is 7.37. The number of unbranched alkanes of at least 4 members (excludes halogenated alkanes) is 1. The van der Waals surface area contributed by atoms with E-state index in [1.165, 1.54) is 18.2 Å². The number of aryl methyl sites for hydroxylation is 1. The van der Waals surface area contributed by atoms with Gasteiger partial charge in [-0.25, -0.2) is 13.2 Å². The standard InChI is InChI=1S/C17H19NO4S/c1-2-3-5-13-8-10-15(11-9-13)18-23(21,22)16-7-4-6-14(12-16)17(19)20/h4,6-12,18H,2-3,5H2,1H3,(H,19,20). The van der Waals surface area contributed by atoms with E-state index in [4.69, 9.17) is 5.11 Å². The van der Waals surface area contributed by atoms with Crippen LogP contribution < -0.4 is 4.72 Å². The molecule has 0 fully saturated rings. The lowest BCUT2D eigenvalue weighted by Crippen LogP contribution is -2.13. The predicted octanol–water partition coefficient (Wildman–Crippen LogP) is 3.53. The molecule has 0 heterocycles. The number of anilines is 1. The zero-order valence-electron chi connectivity index (χ0n) is 12.8. The number of hydrogen-bond donors (Lipinski definition) is 2. The summed E-state index contributed by atoms with van der Waals surface area (Å²) in [5.74, 6) is -1.16. The van der Waals surface area contributed by atoms with Crippen molar-refractivity contribution in [2.24, 2.45) is 0 Å². The van der Waals surface area contributed by atoms with Crippen molar-refractivity contribution >= 4 is 21.7 Å². The van der Waals surface area contributed by atoms with Crippen LogP contribution in [0.2, 0.25) is 0 Å². The van der Waals surface area contributed by atoms with Gasteiger partial charge in [0.25, 0.3) is 10.0 Å². The van der Waals surface area contributed by atoms with Crippen molar-refractivity contribution in [2.45, 2.75) is 31.1 Å². The monoisotopic (exact) mass is 333 g/mol. The highest BCUT2D eigenvalue weighted by molar-refractivity contribution is 7.92. The zero-order chi connectivity index (χ0) is 16.9. The molecule has 122 valence electrons. The molecule has 23 heavy (non-hydrogen) atoms. The van der Waals surface area contributed by atoms with Crippen LogP contribution in [0.1, 0.15) is 35.7 Å². The number of carbonyl (C=O) groups is 1. The second-order valence-corrected chi connectivity index (χ2v) is 6.92. The number of rotatable bonds is 7. The molecule has 5 nitrogen and oxygen atoms in total. The first kappa shape index (κ1) is 17.0. The minimum absolute atomic E-state index is 0.0669. The maximum absolute atomic E-state index is 12.3. The molecule has 0 unspecified atom stereocenters. The summed E-state index contributed by atoms with van der Waals surface area (Å²) in [6.45, 7) is 2.12. The average Bonchev–Trinajstić information content (AvgIpc) is 2.54. The second kappa shape index (κ2) is 7.28. The molecule has 0 aliphatic carbocycles. The molecule has 0 saturated heterocycles. The molecule has 2 aromatic carbocycles. The van der Waals surface area contributed by atoms with Gasteiger partial charge in [0.1, 0.15) is 0 Å². The van der Waals surface area contributed by atoms with Gasteiger partial charge in [-0.1, -0.05) is 31.5 Å². The molecule has 0 saturated carbocycles. The van der Waals surface area contributed by atoms with Gasteiger partial charge in [-0.15, -0.1) is 0 Å². The van der Waals surface area contributed by atoms with E-state index in [0.29, 0.717) is 5.69 Å². The molecule has 0 aliphatic rings. The molecule has 0 bridgehead atoms. The Kier molecular flexibility index (Phi) is 5.39. The fourth-order valence-corrected chi connectivity index (χ4v) is 3.23. The van der Waals surface area contributed by atoms with E-state index in [0.717, 1.165) is 30.9 Å². The van der Waals surface area contributed by atoms with Crippen molar-refractivity contribution in [3.63, 3.8) is 0 Å². The van der Waals surface area contributed by atoms with Crippen LogP contribution in [0.5, 0.6) is 0 Å². The SMILES string of the molecule is CCCCc1ccc(NS(=O)(=O)c2cccc(C(=O)O)c2)cc1. The molecular formula is C17H19NO4S. The maximum atomic E-state index is 12.3. The first-order valence-corrected chi connectivity index (χ1v) is 8.86. The largest absolute Gasteiger partial charge is 0.478 e. The summed E-state index contributed by atoms with van der Waals surface area (Å²) < 4.78 is 27.1. The third kappa shape index (κ3) is 4.56. The Morgan fingerprint density at radius 1 is 1.13 bits per heavy atom. The highest BCUT2D eigenvalue weighted by Gasteiger charge is 2.16.